The van der Waals surface area contributed by atoms with Gasteiger partial charge in [0.15, 0.2) is 0 Å². The summed E-state index contributed by atoms with van der Waals surface area (Å²) in [6.45, 7) is 1.78. The summed E-state index contributed by atoms with van der Waals surface area (Å²) in [6.07, 6.45) is 1.23. The Kier molecular flexibility index (Phi) is 5.44. The second kappa shape index (κ2) is 6.61. The normalized spacial score (nSPS) is 17.5. The number of carbonyl (C=O) groups excluding carboxylic acids is 1. The van der Waals surface area contributed by atoms with Crippen LogP contribution in [0.4, 0.5) is 0 Å². The van der Waals surface area contributed by atoms with Gasteiger partial charge in [-0.25, -0.2) is 0 Å². The number of nitrogens with one attached hydrogen (secondary N) is 1. The summed E-state index contributed by atoms with van der Waals surface area (Å²) < 4.78 is 5.24. The summed E-state index contributed by atoms with van der Waals surface area (Å²) in [4.78, 5) is 10.9. The van der Waals surface area contributed by atoms with Gasteiger partial charge in [-0.15, -0.1) is 12.4 Å². The fourth-order valence-electron chi connectivity index (χ4n) is 2.31. The quantitative estimate of drug-likeness (QED) is 0.873. The Bertz CT molecular complexity index is 423. The van der Waals surface area contributed by atoms with E-state index in [-0.39, 0.29) is 18.3 Å². The third-order valence-electron chi connectivity index (χ3n) is 3.24. The van der Waals surface area contributed by atoms with E-state index < -0.39 is 0 Å². The molecule has 1 aliphatic heterocycles. The number of halogens is 1. The van der Waals surface area contributed by atoms with Gasteiger partial charge in [-0.2, -0.15) is 0 Å². The lowest BCUT2D eigenvalue weighted by molar-refractivity contribution is -0.118. The molecule has 0 aliphatic carbocycles. The fourth-order valence-corrected chi connectivity index (χ4v) is 2.31. The number of ether oxygens (including phenoxy) is 1. The molecule has 1 atom stereocenters. The minimum absolute atomic E-state index is 0. The van der Waals surface area contributed by atoms with Gasteiger partial charge in [-0.1, -0.05) is 6.07 Å². The van der Waals surface area contributed by atoms with Gasteiger partial charge >= 0.3 is 0 Å². The maximum absolute atomic E-state index is 10.9. The van der Waals surface area contributed by atoms with Gasteiger partial charge in [0.05, 0.1) is 7.11 Å². The minimum atomic E-state index is -0.236. The molecule has 0 aromatic heterocycles. The van der Waals surface area contributed by atoms with Gasteiger partial charge in [0, 0.05) is 19.5 Å². The maximum Gasteiger partial charge on any atom is 0.217 e. The van der Waals surface area contributed by atoms with Crippen LogP contribution in [-0.4, -0.2) is 19.6 Å². The number of primary amides is 1. The molecule has 2 rings (SSSR count). The van der Waals surface area contributed by atoms with E-state index in [9.17, 15) is 4.79 Å². The van der Waals surface area contributed by atoms with E-state index in [0.717, 1.165) is 25.3 Å². The van der Waals surface area contributed by atoms with Gasteiger partial charge in [0.2, 0.25) is 5.91 Å². The first-order valence-corrected chi connectivity index (χ1v) is 5.86. The van der Waals surface area contributed by atoms with Crippen molar-refractivity contribution in [1.29, 1.82) is 0 Å². The van der Waals surface area contributed by atoms with Gasteiger partial charge in [-0.05, 0) is 35.6 Å². The van der Waals surface area contributed by atoms with E-state index in [4.69, 9.17) is 10.5 Å². The van der Waals surface area contributed by atoms with Crippen LogP contribution < -0.4 is 15.8 Å². The Morgan fingerprint density at radius 1 is 1.56 bits per heavy atom. The topological polar surface area (TPSA) is 64.3 Å². The van der Waals surface area contributed by atoms with Crippen molar-refractivity contribution in [3.8, 4) is 5.75 Å². The van der Waals surface area contributed by atoms with Crippen LogP contribution in [0.3, 0.4) is 0 Å². The molecule has 1 aromatic carbocycles. The number of carbonyl (C=O) groups is 1. The summed E-state index contributed by atoms with van der Waals surface area (Å²) >= 11 is 0. The predicted molar refractivity (Wildman–Crippen MR) is 73.1 cm³/mol. The highest BCUT2D eigenvalue weighted by Crippen LogP contribution is 2.30. The third kappa shape index (κ3) is 3.37. The van der Waals surface area contributed by atoms with Crippen molar-refractivity contribution in [2.45, 2.75) is 25.3 Å². The summed E-state index contributed by atoms with van der Waals surface area (Å²) in [5.41, 5.74) is 7.77. The van der Waals surface area contributed by atoms with Crippen molar-refractivity contribution in [2.24, 2.45) is 5.73 Å². The van der Waals surface area contributed by atoms with E-state index in [1.807, 2.05) is 6.07 Å². The minimum Gasteiger partial charge on any atom is -0.497 e. The van der Waals surface area contributed by atoms with E-state index in [1.165, 1.54) is 11.1 Å². The summed E-state index contributed by atoms with van der Waals surface area (Å²) in [5.74, 6) is 0.982. The van der Waals surface area contributed by atoms with Crippen LogP contribution in [0.5, 0.6) is 5.75 Å². The molecule has 1 aliphatic rings. The molecule has 0 fully saturated rings. The molecule has 3 N–H and O–H groups in total. The van der Waals surface area contributed by atoms with Gasteiger partial charge in [0.25, 0.3) is 0 Å². The number of hydrogen-bond acceptors (Lipinski definition) is 3. The average Bonchev–Trinajstić information content (AvgIpc) is 2.35. The summed E-state index contributed by atoms with van der Waals surface area (Å²) in [5, 5.41) is 3.36. The van der Waals surface area contributed by atoms with Crippen molar-refractivity contribution in [3.63, 3.8) is 0 Å². The molecule has 0 radical (unpaired) electrons. The number of rotatable bonds is 4. The second-order valence-electron chi connectivity index (χ2n) is 4.40. The molecule has 0 bridgehead atoms. The zero-order valence-electron chi connectivity index (χ0n) is 10.4. The number of benzene rings is 1. The molecule has 0 saturated carbocycles. The van der Waals surface area contributed by atoms with Crippen LogP contribution in [0.25, 0.3) is 0 Å². The lowest BCUT2D eigenvalue weighted by atomic mass is 9.87. The van der Waals surface area contributed by atoms with Crippen LogP contribution in [-0.2, 0) is 11.3 Å². The van der Waals surface area contributed by atoms with E-state index in [1.54, 1.807) is 7.11 Å². The van der Waals surface area contributed by atoms with E-state index in [2.05, 4.69) is 17.4 Å². The molecule has 100 valence electrons. The fraction of sp³-hybridized carbons (Fsp3) is 0.462. The number of nitrogens with two attached hydrogens (primary N) is 1. The Balaban J connectivity index is 0.00000162. The molecule has 18 heavy (non-hydrogen) atoms. The number of methoxy groups -OCH3 is 1. The molecular formula is C13H19ClN2O2. The van der Waals surface area contributed by atoms with Crippen LogP contribution in [0, 0.1) is 0 Å². The highest BCUT2D eigenvalue weighted by atomic mass is 35.5. The van der Waals surface area contributed by atoms with Crippen LogP contribution in [0.2, 0.25) is 0 Å². The number of amides is 1. The first-order chi connectivity index (χ1) is 8.20. The molecule has 1 heterocycles. The smallest absolute Gasteiger partial charge is 0.217 e. The Hall–Kier alpha value is -1.26. The van der Waals surface area contributed by atoms with E-state index >= 15 is 0 Å². The average molecular weight is 271 g/mol. The lowest BCUT2D eigenvalue weighted by Gasteiger charge is -2.26. The van der Waals surface area contributed by atoms with Gasteiger partial charge < -0.3 is 15.8 Å². The molecule has 1 unspecified atom stereocenters. The van der Waals surface area contributed by atoms with Gasteiger partial charge in [-0.3, -0.25) is 4.79 Å². The monoisotopic (exact) mass is 270 g/mol. The van der Waals surface area contributed by atoms with Crippen molar-refractivity contribution in [2.75, 3.05) is 13.7 Å². The highest BCUT2D eigenvalue weighted by molar-refractivity contribution is 5.85. The molecular weight excluding hydrogens is 252 g/mol. The number of hydrogen-bond donors (Lipinski definition) is 2. The van der Waals surface area contributed by atoms with Crippen molar-refractivity contribution < 1.29 is 9.53 Å². The van der Waals surface area contributed by atoms with Crippen molar-refractivity contribution >= 4 is 18.3 Å². The molecule has 0 spiro atoms. The van der Waals surface area contributed by atoms with Crippen LogP contribution >= 0.6 is 12.4 Å². The standard InChI is InChI=1S/C13H18N2O2.ClH/c1-17-11-4-2-9-7-15-8-10(12(9)6-11)3-5-13(14)16;/h2,4,6,10,15H,3,5,7-8H2,1H3,(H2,14,16);1H. The molecule has 1 aromatic rings. The zero-order valence-corrected chi connectivity index (χ0v) is 11.3. The SMILES string of the molecule is COc1ccc2c(c1)C(CCC(N)=O)CNC2.Cl. The highest BCUT2D eigenvalue weighted by Gasteiger charge is 2.20. The second-order valence-corrected chi connectivity index (χ2v) is 4.40. The molecule has 4 nitrogen and oxygen atoms in total. The van der Waals surface area contributed by atoms with Crippen molar-refractivity contribution in [3.05, 3.63) is 29.3 Å². The van der Waals surface area contributed by atoms with Crippen LogP contribution in [0.1, 0.15) is 29.9 Å². The summed E-state index contributed by atoms with van der Waals surface area (Å²) in [6, 6.07) is 6.12. The first kappa shape index (κ1) is 14.8. The van der Waals surface area contributed by atoms with Gasteiger partial charge in [0.1, 0.15) is 5.75 Å². The van der Waals surface area contributed by atoms with Crippen LogP contribution in [0.15, 0.2) is 18.2 Å². The summed E-state index contributed by atoms with van der Waals surface area (Å²) in [7, 11) is 1.67. The lowest BCUT2D eigenvalue weighted by Crippen LogP contribution is -2.29. The maximum atomic E-state index is 10.9. The Labute approximate surface area is 113 Å². The Morgan fingerprint density at radius 3 is 3.00 bits per heavy atom. The van der Waals surface area contributed by atoms with Crippen molar-refractivity contribution in [1.82, 2.24) is 5.32 Å². The third-order valence-corrected chi connectivity index (χ3v) is 3.24. The zero-order chi connectivity index (χ0) is 12.3. The largest absolute Gasteiger partial charge is 0.497 e. The predicted octanol–water partition coefficient (Wildman–Crippen LogP) is 1.57. The number of fused-ring (bicyclic) bond motifs is 1. The van der Waals surface area contributed by atoms with E-state index in [0.29, 0.717) is 12.3 Å². The molecule has 1 amide bonds. The Morgan fingerprint density at radius 2 is 2.33 bits per heavy atom. The first-order valence-electron chi connectivity index (χ1n) is 5.86. The molecule has 5 heteroatoms. The molecule has 0 saturated heterocycles.